The van der Waals surface area contributed by atoms with Crippen LogP contribution in [0.4, 0.5) is 20.5 Å². The Morgan fingerprint density at radius 2 is 1.85 bits per heavy atom. The van der Waals surface area contributed by atoms with E-state index in [-0.39, 0.29) is 28.6 Å². The lowest BCUT2D eigenvalue weighted by Gasteiger charge is -2.11. The Balaban J connectivity index is 1.77. The van der Waals surface area contributed by atoms with Crippen molar-refractivity contribution in [1.82, 2.24) is 19.9 Å². The largest absolute Gasteiger partial charge is 0.450 e. The number of nitrogens with one attached hydrogen (secondary N) is 1. The van der Waals surface area contributed by atoms with Crippen LogP contribution >= 0.6 is 11.6 Å². The van der Waals surface area contributed by atoms with E-state index in [2.05, 4.69) is 19.9 Å². The minimum absolute atomic E-state index is 0.00455. The van der Waals surface area contributed by atoms with E-state index in [0.717, 1.165) is 12.1 Å². The van der Waals surface area contributed by atoms with Crippen LogP contribution < -0.4 is 16.2 Å². The molecule has 0 aliphatic heterocycles. The zero-order chi connectivity index (χ0) is 19.1. The molecule has 0 bridgehead atoms. The first-order valence-electron chi connectivity index (χ1n) is 7.61. The molecular weight excluding hydrogens is 378 g/mol. The van der Waals surface area contributed by atoms with Crippen LogP contribution in [0.1, 0.15) is 0 Å². The highest BCUT2D eigenvalue weighted by molar-refractivity contribution is 6.36. The topological polar surface area (TPSA) is 116 Å². The third-order valence-electron chi connectivity index (χ3n) is 3.85. The molecule has 3 heterocycles. The van der Waals surface area contributed by atoms with E-state index in [0.29, 0.717) is 16.1 Å². The Morgan fingerprint density at radius 1 is 1.11 bits per heavy atom. The summed E-state index contributed by atoms with van der Waals surface area (Å²) in [5.41, 5.74) is 12.0. The van der Waals surface area contributed by atoms with Gasteiger partial charge < -0.3 is 21.2 Å². The van der Waals surface area contributed by atoms with Crippen molar-refractivity contribution in [2.45, 2.75) is 0 Å². The van der Waals surface area contributed by atoms with Crippen molar-refractivity contribution in [3.05, 3.63) is 53.4 Å². The van der Waals surface area contributed by atoms with Crippen molar-refractivity contribution in [2.75, 3.05) is 11.5 Å². The Labute approximate surface area is 156 Å². The zero-order valence-corrected chi connectivity index (χ0v) is 14.3. The molecule has 0 saturated carbocycles. The molecule has 7 nitrogen and oxygen atoms in total. The fourth-order valence-corrected chi connectivity index (χ4v) is 2.87. The minimum atomic E-state index is -0.933. The smallest absolute Gasteiger partial charge is 0.221 e. The number of halogens is 3. The highest BCUT2D eigenvalue weighted by Crippen LogP contribution is 2.37. The van der Waals surface area contributed by atoms with Gasteiger partial charge in [0.15, 0.2) is 17.4 Å². The van der Waals surface area contributed by atoms with E-state index < -0.39 is 17.4 Å². The Hall–Kier alpha value is -3.46. The summed E-state index contributed by atoms with van der Waals surface area (Å²) in [7, 11) is 0. The van der Waals surface area contributed by atoms with Crippen molar-refractivity contribution >= 4 is 34.4 Å². The predicted octanol–water partition coefficient (Wildman–Crippen LogP) is 3.91. The SMILES string of the molecule is Nc1ncc(-c2cc(F)c(Oc3ccnc4[nH]cc(Cl)c34)c(F)c2)c(N)n1. The van der Waals surface area contributed by atoms with E-state index in [4.69, 9.17) is 27.8 Å². The van der Waals surface area contributed by atoms with Gasteiger partial charge in [0.25, 0.3) is 0 Å². The lowest BCUT2D eigenvalue weighted by atomic mass is 10.1. The highest BCUT2D eigenvalue weighted by Gasteiger charge is 2.18. The lowest BCUT2D eigenvalue weighted by Crippen LogP contribution is -2.02. The summed E-state index contributed by atoms with van der Waals surface area (Å²) in [6, 6.07) is 3.60. The van der Waals surface area contributed by atoms with Crippen LogP contribution in [0.3, 0.4) is 0 Å². The molecule has 0 fully saturated rings. The second kappa shape index (κ2) is 6.36. The van der Waals surface area contributed by atoms with E-state index in [1.54, 1.807) is 0 Å². The average molecular weight is 389 g/mol. The van der Waals surface area contributed by atoms with Gasteiger partial charge in [-0.2, -0.15) is 4.98 Å². The third kappa shape index (κ3) is 2.97. The van der Waals surface area contributed by atoms with Gasteiger partial charge >= 0.3 is 0 Å². The fourth-order valence-electron chi connectivity index (χ4n) is 2.63. The number of anilines is 2. The van der Waals surface area contributed by atoms with Crippen molar-refractivity contribution in [3.63, 3.8) is 0 Å². The summed E-state index contributed by atoms with van der Waals surface area (Å²) in [6.45, 7) is 0. The molecule has 0 aliphatic carbocycles. The second-order valence-corrected chi connectivity index (χ2v) is 5.97. The number of nitrogens with zero attached hydrogens (tertiary/aromatic N) is 3. The van der Waals surface area contributed by atoms with E-state index in [1.807, 2.05) is 0 Å². The van der Waals surface area contributed by atoms with Gasteiger partial charge in [0.05, 0.1) is 10.4 Å². The number of H-pyrrole nitrogens is 1. The number of ether oxygens (including phenoxy) is 1. The van der Waals surface area contributed by atoms with Crippen molar-refractivity contribution in [3.8, 4) is 22.6 Å². The molecule has 4 aromatic rings. The first-order valence-corrected chi connectivity index (χ1v) is 7.98. The molecule has 0 spiro atoms. The van der Waals surface area contributed by atoms with Crippen LogP contribution in [0.25, 0.3) is 22.2 Å². The van der Waals surface area contributed by atoms with Crippen LogP contribution in [-0.2, 0) is 0 Å². The standard InChI is InChI=1S/C17H11ClF2N6O/c18-9-6-24-16-13(9)12(1-2-23-16)27-14-10(19)3-7(4-11(14)20)8-5-25-17(22)26-15(8)21/h1-6H,(H,23,24)(H4,21,22,25,26). The van der Waals surface area contributed by atoms with Crippen LogP contribution in [0.15, 0.2) is 36.8 Å². The van der Waals surface area contributed by atoms with E-state index in [9.17, 15) is 8.78 Å². The van der Waals surface area contributed by atoms with Gasteiger partial charge in [-0.25, -0.2) is 18.7 Å². The fraction of sp³-hybridized carbons (Fsp3) is 0. The number of aromatic nitrogens is 4. The summed E-state index contributed by atoms with van der Waals surface area (Å²) in [6.07, 6.45) is 4.23. The molecule has 10 heteroatoms. The first kappa shape index (κ1) is 17.0. The van der Waals surface area contributed by atoms with Crippen LogP contribution in [0.5, 0.6) is 11.5 Å². The van der Waals surface area contributed by atoms with E-state index in [1.165, 1.54) is 24.7 Å². The summed E-state index contributed by atoms with van der Waals surface area (Å²) >= 11 is 6.08. The number of rotatable bonds is 3. The van der Waals surface area contributed by atoms with Crippen molar-refractivity contribution < 1.29 is 13.5 Å². The number of nitrogens with two attached hydrogens (primary N) is 2. The quantitative estimate of drug-likeness (QED) is 0.490. The van der Waals surface area contributed by atoms with Gasteiger partial charge in [-0.05, 0) is 23.8 Å². The minimum Gasteiger partial charge on any atom is -0.450 e. The number of aromatic amines is 1. The summed E-state index contributed by atoms with van der Waals surface area (Å²) in [5, 5.41) is 0.732. The number of nitrogen functional groups attached to an aromatic ring is 2. The van der Waals surface area contributed by atoms with Crippen LogP contribution in [0, 0.1) is 11.6 Å². The summed E-state index contributed by atoms with van der Waals surface area (Å²) < 4.78 is 34.6. The maximum atomic E-state index is 14.6. The number of benzene rings is 1. The number of hydrogen-bond donors (Lipinski definition) is 3. The third-order valence-corrected chi connectivity index (χ3v) is 4.14. The molecule has 5 N–H and O–H groups in total. The molecule has 3 aromatic heterocycles. The number of fused-ring (bicyclic) bond motifs is 1. The average Bonchev–Trinajstić information content (AvgIpc) is 3.00. The van der Waals surface area contributed by atoms with Gasteiger partial charge in [-0.1, -0.05) is 11.6 Å². The maximum absolute atomic E-state index is 14.6. The second-order valence-electron chi connectivity index (χ2n) is 5.57. The Bertz CT molecular complexity index is 1160. The molecule has 0 amide bonds. The van der Waals surface area contributed by atoms with Gasteiger partial charge in [-0.15, -0.1) is 0 Å². The maximum Gasteiger partial charge on any atom is 0.221 e. The Morgan fingerprint density at radius 3 is 2.56 bits per heavy atom. The molecule has 0 radical (unpaired) electrons. The molecular formula is C17H11ClF2N6O. The molecule has 27 heavy (non-hydrogen) atoms. The molecule has 0 unspecified atom stereocenters. The van der Waals surface area contributed by atoms with Gasteiger partial charge in [0.1, 0.15) is 17.2 Å². The summed E-state index contributed by atoms with van der Waals surface area (Å²) in [5.74, 6) is -2.33. The molecule has 1 aromatic carbocycles. The van der Waals surface area contributed by atoms with Gasteiger partial charge in [0, 0.05) is 24.2 Å². The normalized spacial score (nSPS) is 11.1. The molecule has 0 aliphatic rings. The molecule has 0 saturated heterocycles. The lowest BCUT2D eigenvalue weighted by molar-refractivity contribution is 0.411. The Kier molecular flexibility index (Phi) is 4.00. The van der Waals surface area contributed by atoms with Gasteiger partial charge in [0.2, 0.25) is 5.95 Å². The van der Waals surface area contributed by atoms with Crippen LogP contribution in [-0.4, -0.2) is 19.9 Å². The monoisotopic (exact) mass is 388 g/mol. The zero-order valence-electron chi connectivity index (χ0n) is 13.5. The number of pyridine rings is 1. The number of hydrogen-bond acceptors (Lipinski definition) is 6. The summed E-state index contributed by atoms with van der Waals surface area (Å²) in [4.78, 5) is 14.5. The molecule has 0 atom stereocenters. The first-order chi connectivity index (χ1) is 12.9. The van der Waals surface area contributed by atoms with Gasteiger partial charge in [-0.3, -0.25) is 0 Å². The highest BCUT2D eigenvalue weighted by atomic mass is 35.5. The van der Waals surface area contributed by atoms with Crippen LogP contribution in [0.2, 0.25) is 5.02 Å². The molecule has 136 valence electrons. The van der Waals surface area contributed by atoms with E-state index >= 15 is 0 Å². The van der Waals surface area contributed by atoms with Crippen molar-refractivity contribution in [1.29, 1.82) is 0 Å². The molecule has 4 rings (SSSR count). The van der Waals surface area contributed by atoms with Crippen molar-refractivity contribution in [2.24, 2.45) is 0 Å². The predicted molar refractivity (Wildman–Crippen MR) is 97.4 cm³/mol.